The summed E-state index contributed by atoms with van der Waals surface area (Å²) in [6.45, 7) is 5.68. The first-order chi connectivity index (χ1) is 12.8. The molecule has 2 nitrogen and oxygen atoms in total. The van der Waals surface area contributed by atoms with Crippen LogP contribution in [-0.2, 0) is 17.9 Å². The molecule has 0 spiro atoms. The van der Waals surface area contributed by atoms with Gasteiger partial charge in [-0.2, -0.15) is 5.92 Å². The molecule has 2 aromatic rings. The summed E-state index contributed by atoms with van der Waals surface area (Å²) in [5.74, 6) is 0.508. The molecular weight excluding hydrogens is 555 g/mol. The molecule has 1 saturated carbocycles. The van der Waals surface area contributed by atoms with E-state index in [0.29, 0.717) is 16.8 Å². The van der Waals surface area contributed by atoms with Crippen molar-refractivity contribution in [2.45, 2.75) is 45.4 Å². The summed E-state index contributed by atoms with van der Waals surface area (Å²) in [7, 11) is 4.64. The topological polar surface area (TPSA) is 22.1 Å². The second kappa shape index (κ2) is 12.4. The molecule has 1 aromatic heterocycles. The first-order valence-electron chi connectivity index (χ1n) is 8.50. The van der Waals surface area contributed by atoms with Crippen LogP contribution in [0.5, 0.6) is 5.75 Å². The Morgan fingerprint density at radius 2 is 1.89 bits per heavy atom. The molecule has 0 N–H and O–H groups in total. The Labute approximate surface area is 173 Å². The van der Waals surface area contributed by atoms with Gasteiger partial charge >= 0.3 is 33.8 Å². The van der Waals surface area contributed by atoms with E-state index in [0.717, 1.165) is 12.0 Å². The van der Waals surface area contributed by atoms with Crippen LogP contribution in [-0.4, -0.2) is 11.3 Å². The molecule has 0 bridgehead atoms. The number of rotatable bonds is 2. The van der Waals surface area contributed by atoms with Crippen molar-refractivity contribution in [3.63, 3.8) is 0 Å². The van der Waals surface area contributed by atoms with Gasteiger partial charge < -0.3 is 16.6 Å². The third-order valence-electron chi connectivity index (χ3n) is 3.99. The van der Waals surface area contributed by atoms with Gasteiger partial charge in [-0.1, -0.05) is 51.2 Å². The van der Waals surface area contributed by atoms with Crippen molar-refractivity contribution in [2.75, 3.05) is 0 Å². The zero-order valence-corrected chi connectivity index (χ0v) is 18.1. The van der Waals surface area contributed by atoms with Gasteiger partial charge in [0.1, 0.15) is 0 Å². The summed E-state index contributed by atoms with van der Waals surface area (Å²) < 4.78 is 40.0. The second-order valence-electron chi connectivity index (χ2n) is 6.16. The zero-order chi connectivity index (χ0) is 20.3. The fourth-order valence-electron chi connectivity index (χ4n) is 2.75. The SMILES string of the molecule is Cc1cc(OC(F)(F)F)c[c-]c1-c1ccccn1.[CH2-]C1CCCCC1.[Cl][Ir+2]. The Morgan fingerprint density at radius 1 is 1.22 bits per heavy atom. The maximum atomic E-state index is 12.0. The number of nitrogens with zero attached hydrogens (tertiary/aromatic N) is 1. The molecule has 27 heavy (non-hydrogen) atoms. The summed E-state index contributed by atoms with van der Waals surface area (Å²) in [4.78, 5) is 4.12. The van der Waals surface area contributed by atoms with Crippen molar-refractivity contribution in [3.05, 3.63) is 55.1 Å². The Kier molecular flexibility index (Phi) is 11.0. The zero-order valence-electron chi connectivity index (χ0n) is 15.0. The average Bonchev–Trinajstić information content (AvgIpc) is 2.64. The first-order valence-corrected chi connectivity index (χ1v) is 11.5. The standard InChI is InChI=1S/C13H9F3NO.C7H13.ClH.Ir/c1-9-8-10(18-13(14,15)16)5-6-11(9)12-4-2-3-7-17-12;1-7-5-3-2-4-6-7;;/h2-5,7-8H,1H3;7H,1-6H2;1H;/q2*-1;;+3/p-1. The number of ether oxygens (including phenoxy) is 1. The van der Waals surface area contributed by atoms with Crippen LogP contribution in [0.3, 0.4) is 0 Å². The van der Waals surface area contributed by atoms with Gasteiger partial charge in [-0.3, -0.25) is 0 Å². The van der Waals surface area contributed by atoms with E-state index in [1.165, 1.54) is 56.1 Å². The third kappa shape index (κ3) is 9.59. The van der Waals surface area contributed by atoms with Crippen LogP contribution < -0.4 is 4.74 Å². The minimum absolute atomic E-state index is 0.278. The minimum atomic E-state index is -4.69. The van der Waals surface area contributed by atoms with Gasteiger partial charge in [0, 0.05) is 11.9 Å². The average molecular weight is 577 g/mol. The van der Waals surface area contributed by atoms with E-state index < -0.39 is 6.36 Å². The van der Waals surface area contributed by atoms with Crippen LogP contribution in [0, 0.1) is 25.8 Å². The van der Waals surface area contributed by atoms with E-state index in [1.54, 1.807) is 31.3 Å². The monoisotopic (exact) mass is 577 g/mol. The number of pyridine rings is 1. The van der Waals surface area contributed by atoms with Gasteiger partial charge in [0.05, 0.1) is 0 Å². The Balaban J connectivity index is 0.000000338. The number of hydrogen-bond donors (Lipinski definition) is 0. The van der Waals surface area contributed by atoms with Gasteiger partial charge in [0.15, 0.2) is 0 Å². The number of halogens is 4. The Hall–Kier alpha value is -1.10. The Bertz CT molecular complexity index is 662. The van der Waals surface area contributed by atoms with Gasteiger partial charge in [-0.15, -0.1) is 42.5 Å². The van der Waals surface area contributed by atoms with Crippen LogP contribution >= 0.6 is 9.58 Å². The molecule has 0 radical (unpaired) electrons. The molecule has 3 rings (SSSR count). The van der Waals surface area contributed by atoms with Crippen LogP contribution in [0.2, 0.25) is 0 Å². The molecule has 0 saturated heterocycles. The predicted octanol–water partition coefficient (Wildman–Crippen LogP) is 6.84. The number of hydrogen-bond acceptors (Lipinski definition) is 2. The normalized spacial score (nSPS) is 14.3. The van der Waals surface area contributed by atoms with Crippen molar-refractivity contribution in [1.29, 1.82) is 0 Å². The van der Waals surface area contributed by atoms with E-state index in [2.05, 4.69) is 32.3 Å². The molecule has 1 heterocycles. The van der Waals surface area contributed by atoms with E-state index in [9.17, 15) is 13.2 Å². The molecule has 7 heteroatoms. The van der Waals surface area contributed by atoms with Crippen molar-refractivity contribution in [3.8, 4) is 17.0 Å². The summed E-state index contributed by atoms with van der Waals surface area (Å²) in [6.07, 6.45) is 3.98. The molecule has 1 aliphatic carbocycles. The van der Waals surface area contributed by atoms with E-state index in [-0.39, 0.29) is 5.75 Å². The van der Waals surface area contributed by atoms with Gasteiger partial charge in [-0.05, 0) is 11.8 Å². The molecule has 0 atom stereocenters. The fourth-order valence-corrected chi connectivity index (χ4v) is 2.75. The summed E-state index contributed by atoms with van der Waals surface area (Å²) in [6, 6.07) is 10.6. The predicted molar refractivity (Wildman–Crippen MR) is 97.7 cm³/mol. The molecule has 150 valence electrons. The first kappa shape index (κ1) is 23.9. The second-order valence-corrected chi connectivity index (χ2v) is 6.16. The van der Waals surface area contributed by atoms with Crippen LogP contribution in [0.1, 0.15) is 37.7 Å². The molecule has 0 aliphatic heterocycles. The molecule has 1 fully saturated rings. The number of benzene rings is 1. The van der Waals surface area contributed by atoms with Gasteiger partial charge in [0.2, 0.25) is 0 Å². The van der Waals surface area contributed by atoms with Crippen molar-refractivity contribution in [2.24, 2.45) is 5.92 Å². The third-order valence-corrected chi connectivity index (χ3v) is 3.99. The number of alkyl halides is 3. The van der Waals surface area contributed by atoms with Crippen molar-refractivity contribution >= 4 is 9.58 Å². The molecule has 1 aromatic carbocycles. The van der Waals surface area contributed by atoms with E-state index >= 15 is 0 Å². The Morgan fingerprint density at radius 3 is 2.33 bits per heavy atom. The molecule has 0 amide bonds. The summed E-state index contributed by atoms with van der Waals surface area (Å²) in [5, 5.41) is 0. The quantitative estimate of drug-likeness (QED) is 0.365. The van der Waals surface area contributed by atoms with E-state index in [1.807, 2.05) is 0 Å². The van der Waals surface area contributed by atoms with Crippen molar-refractivity contribution in [1.82, 2.24) is 4.98 Å². The van der Waals surface area contributed by atoms with Crippen molar-refractivity contribution < 1.29 is 35.8 Å². The van der Waals surface area contributed by atoms with Crippen LogP contribution in [0.4, 0.5) is 13.2 Å². The fraction of sp³-hybridized carbons (Fsp3) is 0.400. The maximum absolute atomic E-state index is 12.0. The van der Waals surface area contributed by atoms with Crippen LogP contribution in [0.25, 0.3) is 11.3 Å². The molecule has 0 unspecified atom stereocenters. The van der Waals surface area contributed by atoms with Gasteiger partial charge in [0.25, 0.3) is 0 Å². The molecular formula is C20H22ClF3IrNO. The van der Waals surface area contributed by atoms with E-state index in [4.69, 9.17) is 0 Å². The summed E-state index contributed by atoms with van der Waals surface area (Å²) in [5.41, 5.74) is 1.94. The summed E-state index contributed by atoms with van der Waals surface area (Å²) >= 11 is 1.47. The van der Waals surface area contributed by atoms with Crippen LogP contribution in [0.15, 0.2) is 36.5 Å². The van der Waals surface area contributed by atoms with Gasteiger partial charge in [-0.25, -0.2) is 0 Å². The molecule has 1 aliphatic rings. The number of aryl methyl sites for hydroxylation is 1. The number of aromatic nitrogens is 1.